The molecule has 0 N–H and O–H groups in total. The molecular formula is C31H38BrN3O2. The number of hydrogen-bond donors (Lipinski definition) is 0. The molecule has 1 aliphatic rings. The van der Waals surface area contributed by atoms with E-state index < -0.39 is 0 Å². The Morgan fingerprint density at radius 2 is 1.68 bits per heavy atom. The van der Waals surface area contributed by atoms with E-state index in [0.29, 0.717) is 12.1 Å². The zero-order chi connectivity index (χ0) is 26.4. The predicted octanol–water partition coefficient (Wildman–Crippen LogP) is 6.82. The zero-order valence-electron chi connectivity index (χ0n) is 22.2. The molecule has 0 atom stereocenters. The molecule has 2 aromatic carbocycles. The minimum Gasteiger partial charge on any atom is -0.345 e. The van der Waals surface area contributed by atoms with Crippen LogP contribution in [0.2, 0.25) is 0 Å². The van der Waals surface area contributed by atoms with Crippen LogP contribution in [-0.4, -0.2) is 44.8 Å². The van der Waals surface area contributed by atoms with Crippen LogP contribution in [0.1, 0.15) is 73.1 Å². The van der Waals surface area contributed by atoms with Crippen molar-refractivity contribution in [2.75, 3.05) is 6.54 Å². The van der Waals surface area contributed by atoms with Crippen molar-refractivity contribution in [3.63, 3.8) is 0 Å². The third-order valence-electron chi connectivity index (χ3n) is 7.42. The molecule has 37 heavy (non-hydrogen) atoms. The Morgan fingerprint density at radius 1 is 0.973 bits per heavy atom. The molecule has 4 rings (SSSR count). The summed E-state index contributed by atoms with van der Waals surface area (Å²) < 4.78 is 3.29. The first kappa shape index (κ1) is 27.2. The van der Waals surface area contributed by atoms with Crippen LogP contribution in [0.3, 0.4) is 0 Å². The number of amides is 2. The molecule has 0 bridgehead atoms. The Balaban J connectivity index is 1.55. The van der Waals surface area contributed by atoms with Gasteiger partial charge in [-0.2, -0.15) is 0 Å². The van der Waals surface area contributed by atoms with Gasteiger partial charge in [0.05, 0.1) is 6.54 Å². The second kappa shape index (κ2) is 12.6. The number of hydrogen-bond acceptors (Lipinski definition) is 2. The van der Waals surface area contributed by atoms with Gasteiger partial charge in [-0.1, -0.05) is 65.5 Å². The highest BCUT2D eigenvalue weighted by molar-refractivity contribution is 9.10. The summed E-state index contributed by atoms with van der Waals surface area (Å²) in [6.07, 6.45) is 7.64. The monoisotopic (exact) mass is 563 g/mol. The van der Waals surface area contributed by atoms with Gasteiger partial charge in [0.25, 0.3) is 5.91 Å². The molecule has 196 valence electrons. The van der Waals surface area contributed by atoms with E-state index in [1.165, 1.54) is 12.0 Å². The molecule has 0 aliphatic heterocycles. The van der Waals surface area contributed by atoms with Crippen LogP contribution in [0.15, 0.2) is 71.3 Å². The maximum absolute atomic E-state index is 13.9. The minimum atomic E-state index is -0.0799. The molecular weight excluding hydrogens is 526 g/mol. The summed E-state index contributed by atoms with van der Waals surface area (Å²) in [5.74, 6) is -0.0532. The zero-order valence-corrected chi connectivity index (χ0v) is 23.8. The molecule has 0 saturated heterocycles. The fourth-order valence-corrected chi connectivity index (χ4v) is 5.48. The average Bonchev–Trinajstić information content (AvgIpc) is 3.33. The number of nitrogens with zero attached hydrogens (tertiary/aromatic N) is 3. The molecule has 1 heterocycles. The van der Waals surface area contributed by atoms with Crippen LogP contribution < -0.4 is 0 Å². The molecule has 3 aromatic rings. The van der Waals surface area contributed by atoms with Gasteiger partial charge in [-0.25, -0.2) is 0 Å². The predicted molar refractivity (Wildman–Crippen MR) is 152 cm³/mol. The van der Waals surface area contributed by atoms with Gasteiger partial charge in [-0.3, -0.25) is 9.59 Å². The van der Waals surface area contributed by atoms with Crippen LogP contribution in [0, 0.1) is 6.92 Å². The van der Waals surface area contributed by atoms with E-state index >= 15 is 0 Å². The Kier molecular flexibility index (Phi) is 9.25. The number of aryl methyl sites for hydroxylation is 1. The molecule has 2 amide bonds. The smallest absolute Gasteiger partial charge is 0.254 e. The first-order valence-electron chi connectivity index (χ1n) is 13.4. The first-order valence-corrected chi connectivity index (χ1v) is 14.2. The van der Waals surface area contributed by atoms with E-state index in [4.69, 9.17) is 0 Å². The highest BCUT2D eigenvalue weighted by Crippen LogP contribution is 2.25. The van der Waals surface area contributed by atoms with Gasteiger partial charge in [0.15, 0.2) is 0 Å². The fraction of sp³-hybridized carbons (Fsp3) is 0.419. The van der Waals surface area contributed by atoms with Crippen molar-refractivity contribution >= 4 is 27.7 Å². The molecule has 1 fully saturated rings. The Hall–Kier alpha value is -2.86. The summed E-state index contributed by atoms with van der Waals surface area (Å²) in [5, 5.41) is 0. The molecule has 0 spiro atoms. The molecule has 0 unspecified atom stereocenters. The quantitative estimate of drug-likeness (QED) is 0.286. The summed E-state index contributed by atoms with van der Waals surface area (Å²) in [5.41, 5.74) is 3.92. The van der Waals surface area contributed by atoms with Crippen molar-refractivity contribution in [1.82, 2.24) is 14.4 Å². The van der Waals surface area contributed by atoms with Gasteiger partial charge < -0.3 is 14.4 Å². The largest absolute Gasteiger partial charge is 0.345 e. The number of benzene rings is 2. The van der Waals surface area contributed by atoms with Crippen LogP contribution in [0.5, 0.6) is 0 Å². The molecule has 1 saturated carbocycles. The van der Waals surface area contributed by atoms with Gasteiger partial charge in [0, 0.05) is 40.6 Å². The van der Waals surface area contributed by atoms with E-state index in [0.717, 1.165) is 48.0 Å². The number of carbonyl (C=O) groups is 2. The Labute approximate surface area is 229 Å². The van der Waals surface area contributed by atoms with Gasteiger partial charge in [0.2, 0.25) is 5.91 Å². The van der Waals surface area contributed by atoms with E-state index in [1.807, 2.05) is 49.9 Å². The normalized spacial score (nSPS) is 14.1. The number of rotatable bonds is 9. The highest BCUT2D eigenvalue weighted by Gasteiger charge is 2.30. The van der Waals surface area contributed by atoms with Crippen molar-refractivity contribution in [2.45, 2.75) is 78.0 Å². The van der Waals surface area contributed by atoms with E-state index in [9.17, 15) is 9.59 Å². The molecule has 5 nitrogen and oxygen atoms in total. The second-order valence-corrected chi connectivity index (χ2v) is 11.3. The molecule has 6 heteroatoms. The van der Waals surface area contributed by atoms with Gasteiger partial charge in [-0.05, 0) is 75.1 Å². The Bertz CT molecular complexity index is 1200. The minimum absolute atomic E-state index is 0.0268. The fourth-order valence-electron chi connectivity index (χ4n) is 5.21. The van der Waals surface area contributed by atoms with E-state index in [1.54, 1.807) is 4.90 Å². The SMILES string of the molecule is Cc1ccccc1C(=O)N(CC(=O)N(Cc1cccn1Cc1ccc(Br)cc1)C1CCCCC1)C(C)C. The van der Waals surface area contributed by atoms with Crippen molar-refractivity contribution in [2.24, 2.45) is 0 Å². The van der Waals surface area contributed by atoms with Crippen molar-refractivity contribution in [3.05, 3.63) is 93.7 Å². The maximum atomic E-state index is 13.9. The molecule has 1 aliphatic carbocycles. The van der Waals surface area contributed by atoms with Crippen molar-refractivity contribution in [3.8, 4) is 0 Å². The van der Waals surface area contributed by atoms with Crippen LogP contribution in [0.4, 0.5) is 0 Å². The van der Waals surface area contributed by atoms with Crippen LogP contribution >= 0.6 is 15.9 Å². The summed E-state index contributed by atoms with van der Waals surface area (Å²) >= 11 is 3.51. The lowest BCUT2D eigenvalue weighted by molar-refractivity contribution is -0.136. The highest BCUT2D eigenvalue weighted by atomic mass is 79.9. The number of aromatic nitrogens is 1. The summed E-state index contributed by atoms with van der Waals surface area (Å²) in [6, 6.07) is 20.3. The summed E-state index contributed by atoms with van der Waals surface area (Å²) in [4.78, 5) is 31.2. The number of halogens is 1. The molecule has 0 radical (unpaired) electrons. The van der Waals surface area contributed by atoms with Gasteiger partial charge >= 0.3 is 0 Å². The molecule has 1 aromatic heterocycles. The van der Waals surface area contributed by atoms with E-state index in [2.05, 4.69) is 63.1 Å². The van der Waals surface area contributed by atoms with Crippen LogP contribution in [0.25, 0.3) is 0 Å². The van der Waals surface area contributed by atoms with Crippen LogP contribution in [-0.2, 0) is 17.9 Å². The summed E-state index contributed by atoms with van der Waals surface area (Å²) in [6.45, 7) is 7.31. The van der Waals surface area contributed by atoms with Gasteiger partial charge in [0.1, 0.15) is 6.54 Å². The number of carbonyl (C=O) groups excluding carboxylic acids is 2. The average molecular weight is 565 g/mol. The second-order valence-electron chi connectivity index (χ2n) is 10.4. The van der Waals surface area contributed by atoms with E-state index in [-0.39, 0.29) is 30.4 Å². The summed E-state index contributed by atoms with van der Waals surface area (Å²) in [7, 11) is 0. The van der Waals surface area contributed by atoms with Crippen molar-refractivity contribution in [1.29, 1.82) is 0 Å². The lowest BCUT2D eigenvalue weighted by atomic mass is 9.94. The first-order chi connectivity index (χ1) is 17.8. The Morgan fingerprint density at radius 3 is 2.35 bits per heavy atom. The van der Waals surface area contributed by atoms with Crippen molar-refractivity contribution < 1.29 is 9.59 Å². The van der Waals surface area contributed by atoms with Gasteiger partial charge in [-0.15, -0.1) is 0 Å². The lowest BCUT2D eigenvalue weighted by Gasteiger charge is -2.37. The topological polar surface area (TPSA) is 45.6 Å². The maximum Gasteiger partial charge on any atom is 0.254 e. The third-order valence-corrected chi connectivity index (χ3v) is 7.95. The third kappa shape index (κ3) is 6.92. The standard InChI is InChI=1S/C31H38BrN3O2/c1-23(2)34(31(37)29-14-8-7-10-24(29)3)22-30(36)35(27-11-5-4-6-12-27)21-28-13-9-19-33(28)20-25-15-17-26(32)18-16-25/h7-10,13-19,23,27H,4-6,11-12,20-22H2,1-3H3. The lowest BCUT2D eigenvalue weighted by Crippen LogP contribution is -2.49.